The van der Waals surface area contributed by atoms with Crippen LogP contribution in [0.25, 0.3) is 0 Å². The van der Waals surface area contributed by atoms with Crippen molar-refractivity contribution < 1.29 is 9.90 Å². The molecule has 0 spiro atoms. The van der Waals surface area contributed by atoms with Gasteiger partial charge >= 0.3 is 5.97 Å². The Morgan fingerprint density at radius 2 is 1.86 bits per heavy atom. The molecule has 5 nitrogen and oxygen atoms in total. The van der Waals surface area contributed by atoms with E-state index < -0.39 is 5.97 Å². The summed E-state index contributed by atoms with van der Waals surface area (Å²) in [6.45, 7) is 1.97. The molecule has 0 aliphatic carbocycles. The minimum absolute atomic E-state index is 0.00701. The van der Waals surface area contributed by atoms with E-state index in [1.165, 1.54) is 0 Å². The summed E-state index contributed by atoms with van der Waals surface area (Å²) in [7, 11) is 0. The van der Waals surface area contributed by atoms with Crippen LogP contribution >= 0.6 is 0 Å². The first-order valence-corrected chi connectivity index (χ1v) is 6.52. The number of aliphatic carboxylic acids is 1. The van der Waals surface area contributed by atoms with Gasteiger partial charge in [0.2, 0.25) is 0 Å². The lowest BCUT2D eigenvalue weighted by atomic mass is 10.1. The Hall–Kier alpha value is -2.82. The number of carboxylic acid groups (broad SMARTS) is 1. The van der Waals surface area contributed by atoms with Gasteiger partial charge in [-0.1, -0.05) is 30.3 Å². The molecule has 0 fully saturated rings. The third kappa shape index (κ3) is 4.35. The fraction of sp³-hybridized carbons (Fsp3) is 0.125. The normalized spacial score (nSPS) is 11.2. The number of anilines is 1. The van der Waals surface area contributed by atoms with E-state index in [4.69, 9.17) is 10.8 Å². The second-order valence-electron chi connectivity index (χ2n) is 4.68. The largest absolute Gasteiger partial charge is 0.481 e. The molecule has 108 valence electrons. The maximum atomic E-state index is 10.6. The molecule has 5 heteroatoms. The van der Waals surface area contributed by atoms with Gasteiger partial charge in [-0.15, -0.1) is 0 Å². The first-order chi connectivity index (χ1) is 10.0. The van der Waals surface area contributed by atoms with Crippen molar-refractivity contribution in [1.29, 1.82) is 0 Å². The minimum Gasteiger partial charge on any atom is -0.481 e. The first-order valence-electron chi connectivity index (χ1n) is 6.52. The second-order valence-corrected chi connectivity index (χ2v) is 4.68. The molecule has 21 heavy (non-hydrogen) atoms. The molecule has 0 saturated heterocycles. The number of rotatable bonds is 4. The number of guanidine groups is 1. The van der Waals surface area contributed by atoms with Gasteiger partial charge in [-0.05, 0) is 36.2 Å². The van der Waals surface area contributed by atoms with Crippen LogP contribution in [0.4, 0.5) is 11.4 Å². The summed E-state index contributed by atoms with van der Waals surface area (Å²) >= 11 is 0. The van der Waals surface area contributed by atoms with Gasteiger partial charge in [0.05, 0.1) is 12.1 Å². The zero-order valence-corrected chi connectivity index (χ0v) is 11.7. The number of aliphatic imine (C=N–C) groups is 1. The minimum atomic E-state index is -0.851. The first kappa shape index (κ1) is 14.6. The quantitative estimate of drug-likeness (QED) is 0.594. The Kier molecular flexibility index (Phi) is 4.56. The lowest BCUT2D eigenvalue weighted by molar-refractivity contribution is -0.136. The van der Waals surface area contributed by atoms with Crippen LogP contribution in [-0.4, -0.2) is 17.0 Å². The van der Waals surface area contributed by atoms with E-state index in [1.54, 1.807) is 24.3 Å². The molecule has 0 unspecified atom stereocenters. The number of nitrogens with two attached hydrogens (primary N) is 1. The van der Waals surface area contributed by atoms with Gasteiger partial charge < -0.3 is 16.2 Å². The summed E-state index contributed by atoms with van der Waals surface area (Å²) < 4.78 is 0. The predicted molar refractivity (Wildman–Crippen MR) is 83.9 cm³/mol. The fourth-order valence-electron chi connectivity index (χ4n) is 1.88. The van der Waals surface area contributed by atoms with Crippen LogP contribution in [0.3, 0.4) is 0 Å². The maximum Gasteiger partial charge on any atom is 0.307 e. The van der Waals surface area contributed by atoms with E-state index in [1.807, 2.05) is 31.2 Å². The number of nitrogens with one attached hydrogen (secondary N) is 1. The summed E-state index contributed by atoms with van der Waals surface area (Å²) in [5.74, 6) is -0.563. The van der Waals surface area contributed by atoms with Gasteiger partial charge in [-0.25, -0.2) is 4.99 Å². The maximum absolute atomic E-state index is 10.6. The third-order valence-corrected chi connectivity index (χ3v) is 2.94. The number of hydrogen-bond donors (Lipinski definition) is 3. The number of aryl methyl sites for hydroxylation is 1. The Morgan fingerprint density at radius 3 is 2.48 bits per heavy atom. The highest BCUT2D eigenvalue weighted by molar-refractivity contribution is 5.94. The van der Waals surface area contributed by atoms with Crippen LogP contribution in [0.5, 0.6) is 0 Å². The fourth-order valence-corrected chi connectivity index (χ4v) is 1.88. The topological polar surface area (TPSA) is 87.7 Å². The van der Waals surface area contributed by atoms with Crippen LogP contribution in [0.15, 0.2) is 53.5 Å². The van der Waals surface area contributed by atoms with E-state index >= 15 is 0 Å². The molecule has 0 radical (unpaired) electrons. The zero-order valence-electron chi connectivity index (χ0n) is 11.7. The van der Waals surface area contributed by atoms with Gasteiger partial charge in [-0.3, -0.25) is 4.79 Å². The molecule has 2 aromatic carbocycles. The summed E-state index contributed by atoms with van der Waals surface area (Å²) in [4.78, 5) is 14.9. The van der Waals surface area contributed by atoms with Gasteiger partial charge in [-0.2, -0.15) is 0 Å². The lowest BCUT2D eigenvalue weighted by Gasteiger charge is -2.07. The van der Waals surface area contributed by atoms with Crippen LogP contribution in [0.2, 0.25) is 0 Å². The molecule has 0 atom stereocenters. The molecule has 4 N–H and O–H groups in total. The van der Waals surface area contributed by atoms with Gasteiger partial charge in [0.25, 0.3) is 0 Å². The molecule has 0 aromatic heterocycles. The molecule has 0 bridgehead atoms. The van der Waals surface area contributed by atoms with E-state index in [9.17, 15) is 4.79 Å². The van der Waals surface area contributed by atoms with Crippen molar-refractivity contribution in [3.63, 3.8) is 0 Å². The number of para-hydroxylation sites is 1. The highest BCUT2D eigenvalue weighted by Gasteiger charge is 2.01. The van der Waals surface area contributed by atoms with Crippen molar-refractivity contribution in [3.05, 3.63) is 59.7 Å². The molecular formula is C16H17N3O2. The molecule has 2 rings (SSSR count). The Morgan fingerprint density at radius 1 is 1.19 bits per heavy atom. The number of nitrogens with zero attached hydrogens (tertiary/aromatic N) is 1. The summed E-state index contributed by atoms with van der Waals surface area (Å²) in [5.41, 5.74) is 9.22. The molecular weight excluding hydrogens is 266 g/mol. The molecule has 0 aliphatic rings. The SMILES string of the molecule is Cc1ccccc1N=C(N)Nc1ccc(CC(=O)O)cc1. The Balaban J connectivity index is 2.07. The molecule has 0 aliphatic heterocycles. The number of hydrogen-bond acceptors (Lipinski definition) is 2. The zero-order chi connectivity index (χ0) is 15.2. The smallest absolute Gasteiger partial charge is 0.307 e. The third-order valence-electron chi connectivity index (χ3n) is 2.94. The van der Waals surface area contributed by atoms with Crippen molar-refractivity contribution in [2.45, 2.75) is 13.3 Å². The van der Waals surface area contributed by atoms with E-state index in [2.05, 4.69) is 10.3 Å². The Bertz CT molecular complexity index is 663. The molecule has 2 aromatic rings. The van der Waals surface area contributed by atoms with Gasteiger partial charge in [0, 0.05) is 5.69 Å². The highest BCUT2D eigenvalue weighted by atomic mass is 16.4. The van der Waals surface area contributed by atoms with Crippen LogP contribution < -0.4 is 11.1 Å². The lowest BCUT2D eigenvalue weighted by Crippen LogP contribution is -2.22. The van der Waals surface area contributed by atoms with Gasteiger partial charge in [0.1, 0.15) is 0 Å². The Labute approximate surface area is 123 Å². The van der Waals surface area contributed by atoms with Crippen molar-refractivity contribution in [3.8, 4) is 0 Å². The van der Waals surface area contributed by atoms with Crippen molar-refractivity contribution in [2.75, 3.05) is 5.32 Å². The standard InChI is InChI=1S/C16H17N3O2/c1-11-4-2-3-5-14(11)19-16(17)18-13-8-6-12(7-9-13)10-15(20)21/h2-9H,10H2,1H3,(H,20,21)(H3,17,18,19). The van der Waals surface area contributed by atoms with E-state index in [0.29, 0.717) is 0 Å². The predicted octanol–water partition coefficient (Wildman–Crippen LogP) is 2.68. The van der Waals surface area contributed by atoms with Crippen molar-refractivity contribution in [2.24, 2.45) is 10.7 Å². The monoisotopic (exact) mass is 283 g/mol. The average molecular weight is 283 g/mol. The average Bonchev–Trinajstić information content (AvgIpc) is 2.43. The number of benzene rings is 2. The van der Waals surface area contributed by atoms with E-state index in [0.717, 1.165) is 22.5 Å². The van der Waals surface area contributed by atoms with Crippen LogP contribution in [0.1, 0.15) is 11.1 Å². The number of carboxylic acids is 1. The van der Waals surface area contributed by atoms with E-state index in [-0.39, 0.29) is 12.4 Å². The summed E-state index contributed by atoms with van der Waals surface area (Å²) in [6, 6.07) is 14.7. The molecule has 0 amide bonds. The van der Waals surface area contributed by atoms with Crippen LogP contribution in [0, 0.1) is 6.92 Å². The number of carbonyl (C=O) groups is 1. The molecule has 0 heterocycles. The summed E-state index contributed by atoms with van der Waals surface area (Å²) in [5, 5.41) is 11.7. The van der Waals surface area contributed by atoms with Gasteiger partial charge in [0.15, 0.2) is 5.96 Å². The van der Waals surface area contributed by atoms with Crippen LogP contribution in [-0.2, 0) is 11.2 Å². The summed E-state index contributed by atoms with van der Waals surface area (Å²) in [6.07, 6.45) is 0.00701. The second kappa shape index (κ2) is 6.56. The highest BCUT2D eigenvalue weighted by Crippen LogP contribution is 2.17. The van der Waals surface area contributed by atoms with Crippen molar-refractivity contribution in [1.82, 2.24) is 0 Å². The van der Waals surface area contributed by atoms with Crippen molar-refractivity contribution >= 4 is 23.3 Å². The molecule has 0 saturated carbocycles.